The lowest BCUT2D eigenvalue weighted by molar-refractivity contribution is -0.132. The third kappa shape index (κ3) is 6.90. The highest BCUT2D eigenvalue weighted by molar-refractivity contribution is 5.77. The monoisotopic (exact) mass is 440 g/mol. The normalized spacial score (nSPS) is 14.0. The molecule has 172 valence electrons. The van der Waals surface area contributed by atoms with E-state index in [4.69, 9.17) is 14.2 Å². The first-order chi connectivity index (χ1) is 15.6. The molecular weight excluding hydrogens is 408 g/mol. The number of aryl methyl sites for hydroxylation is 1. The fourth-order valence-electron chi connectivity index (χ4n) is 3.80. The molecule has 0 saturated carbocycles. The molecule has 3 rings (SSSR count). The van der Waals surface area contributed by atoms with Crippen LogP contribution in [0.15, 0.2) is 48.5 Å². The van der Waals surface area contributed by atoms with Crippen molar-refractivity contribution in [2.75, 3.05) is 33.9 Å². The number of likely N-dealkylation sites (tertiary alicyclic amines) is 1. The molecule has 0 unspecified atom stereocenters. The van der Waals surface area contributed by atoms with Gasteiger partial charge in [0.1, 0.15) is 5.75 Å². The Kier molecular flexibility index (Phi) is 8.78. The fourth-order valence-corrected chi connectivity index (χ4v) is 3.80. The molecule has 2 amide bonds. The summed E-state index contributed by atoms with van der Waals surface area (Å²) in [5.41, 5.74) is 1.02. The van der Waals surface area contributed by atoms with E-state index in [1.807, 2.05) is 53.4 Å². The fraction of sp³-hybridized carbons (Fsp3) is 0.440. The Morgan fingerprint density at radius 2 is 1.69 bits per heavy atom. The van der Waals surface area contributed by atoms with Crippen LogP contribution in [0.25, 0.3) is 0 Å². The van der Waals surface area contributed by atoms with Gasteiger partial charge >= 0.3 is 0 Å². The Morgan fingerprint density at radius 1 is 0.969 bits per heavy atom. The van der Waals surface area contributed by atoms with Crippen molar-refractivity contribution in [3.63, 3.8) is 0 Å². The Hall–Kier alpha value is -3.22. The first kappa shape index (κ1) is 23.4. The van der Waals surface area contributed by atoms with Gasteiger partial charge in [-0.1, -0.05) is 24.3 Å². The molecule has 32 heavy (non-hydrogen) atoms. The second-order valence-corrected chi connectivity index (χ2v) is 7.82. The zero-order valence-electron chi connectivity index (χ0n) is 18.8. The quantitative estimate of drug-likeness (QED) is 0.614. The summed E-state index contributed by atoms with van der Waals surface area (Å²) >= 11 is 0. The number of para-hydroxylation sites is 1. The second-order valence-electron chi connectivity index (χ2n) is 7.82. The number of ether oxygens (including phenoxy) is 3. The summed E-state index contributed by atoms with van der Waals surface area (Å²) in [6.45, 7) is 1.69. The minimum Gasteiger partial charge on any atom is -0.493 e. The standard InChI is InChI=1S/C25H32N2O5/c1-30-22-10-8-19(18-23(22)31-2)9-11-24(28)26-20-12-15-27(16-13-20)25(29)14-17-32-21-6-4-3-5-7-21/h3-8,10,18,20H,9,11-17H2,1-2H3,(H,26,28). The van der Waals surface area contributed by atoms with Crippen molar-refractivity contribution in [1.29, 1.82) is 0 Å². The molecule has 0 bridgehead atoms. The molecule has 0 radical (unpaired) electrons. The number of rotatable bonds is 10. The highest BCUT2D eigenvalue weighted by Crippen LogP contribution is 2.28. The van der Waals surface area contributed by atoms with Crippen LogP contribution in [-0.2, 0) is 16.0 Å². The van der Waals surface area contributed by atoms with E-state index >= 15 is 0 Å². The molecule has 1 aliphatic heterocycles. The zero-order valence-corrected chi connectivity index (χ0v) is 18.8. The molecule has 1 aliphatic rings. The van der Waals surface area contributed by atoms with Gasteiger partial charge in [0.05, 0.1) is 27.2 Å². The van der Waals surface area contributed by atoms with Gasteiger partial charge < -0.3 is 24.4 Å². The molecule has 1 fully saturated rings. The smallest absolute Gasteiger partial charge is 0.225 e. The molecular formula is C25H32N2O5. The minimum atomic E-state index is 0.0285. The lowest BCUT2D eigenvalue weighted by atomic mass is 10.0. The molecule has 7 nitrogen and oxygen atoms in total. The summed E-state index contributed by atoms with van der Waals surface area (Å²) < 4.78 is 16.2. The Morgan fingerprint density at radius 3 is 2.38 bits per heavy atom. The molecule has 0 aliphatic carbocycles. The summed E-state index contributed by atoms with van der Waals surface area (Å²) in [6, 6.07) is 15.3. The number of carbonyl (C=O) groups is 2. The van der Waals surface area contributed by atoms with E-state index < -0.39 is 0 Å². The average Bonchev–Trinajstić information content (AvgIpc) is 2.83. The maximum absolute atomic E-state index is 12.4. The van der Waals surface area contributed by atoms with Gasteiger partial charge in [0.15, 0.2) is 11.5 Å². The van der Waals surface area contributed by atoms with Gasteiger partial charge in [-0.25, -0.2) is 0 Å². The van der Waals surface area contributed by atoms with Gasteiger partial charge in [0.2, 0.25) is 11.8 Å². The molecule has 7 heteroatoms. The molecule has 0 aromatic heterocycles. The number of methoxy groups -OCH3 is 2. The van der Waals surface area contributed by atoms with Crippen LogP contribution in [0.4, 0.5) is 0 Å². The number of piperidine rings is 1. The van der Waals surface area contributed by atoms with E-state index in [1.54, 1.807) is 14.2 Å². The molecule has 0 atom stereocenters. The van der Waals surface area contributed by atoms with Crippen LogP contribution < -0.4 is 19.5 Å². The van der Waals surface area contributed by atoms with Crippen molar-refractivity contribution in [3.8, 4) is 17.2 Å². The van der Waals surface area contributed by atoms with Crippen molar-refractivity contribution in [1.82, 2.24) is 10.2 Å². The number of nitrogens with one attached hydrogen (secondary N) is 1. The van der Waals surface area contributed by atoms with Crippen LogP contribution in [-0.4, -0.2) is 56.7 Å². The van der Waals surface area contributed by atoms with Gasteiger partial charge in [0, 0.05) is 25.6 Å². The summed E-state index contributed by atoms with van der Waals surface area (Å²) in [6.07, 6.45) is 2.94. The molecule has 2 aromatic carbocycles. The van der Waals surface area contributed by atoms with Gasteiger partial charge in [-0.2, -0.15) is 0 Å². The van der Waals surface area contributed by atoms with E-state index in [2.05, 4.69) is 5.32 Å². The lowest BCUT2D eigenvalue weighted by Crippen LogP contribution is -2.46. The predicted octanol–water partition coefficient (Wildman–Crippen LogP) is 3.21. The Balaban J connectivity index is 1.34. The zero-order chi connectivity index (χ0) is 22.8. The van der Waals surface area contributed by atoms with Gasteiger partial charge in [-0.05, 0) is 49.1 Å². The number of carbonyl (C=O) groups excluding carboxylic acids is 2. The van der Waals surface area contributed by atoms with Crippen molar-refractivity contribution >= 4 is 11.8 Å². The van der Waals surface area contributed by atoms with E-state index in [1.165, 1.54) is 0 Å². The van der Waals surface area contributed by atoms with Crippen molar-refractivity contribution in [2.24, 2.45) is 0 Å². The minimum absolute atomic E-state index is 0.0285. The van der Waals surface area contributed by atoms with Crippen molar-refractivity contribution < 1.29 is 23.8 Å². The van der Waals surface area contributed by atoms with Crippen LogP contribution in [0.3, 0.4) is 0 Å². The number of hydrogen-bond donors (Lipinski definition) is 1. The molecule has 1 heterocycles. The largest absolute Gasteiger partial charge is 0.493 e. The maximum Gasteiger partial charge on any atom is 0.225 e. The van der Waals surface area contributed by atoms with Crippen molar-refractivity contribution in [3.05, 3.63) is 54.1 Å². The molecule has 2 aromatic rings. The summed E-state index contributed by atoms with van der Waals surface area (Å²) in [5, 5.41) is 3.11. The topological polar surface area (TPSA) is 77.1 Å². The Labute approximate surface area is 189 Å². The summed E-state index contributed by atoms with van der Waals surface area (Å²) in [7, 11) is 3.20. The van der Waals surface area contributed by atoms with E-state index in [-0.39, 0.29) is 17.9 Å². The summed E-state index contributed by atoms with van der Waals surface area (Å²) in [4.78, 5) is 26.7. The second kappa shape index (κ2) is 12.0. The van der Waals surface area contributed by atoms with Crippen LogP contribution >= 0.6 is 0 Å². The number of nitrogens with zero attached hydrogens (tertiary/aromatic N) is 1. The Bertz CT molecular complexity index is 879. The SMILES string of the molecule is COc1ccc(CCC(=O)NC2CCN(C(=O)CCOc3ccccc3)CC2)cc1OC. The first-order valence-electron chi connectivity index (χ1n) is 11.0. The van der Waals surface area contributed by atoms with Crippen LogP contribution in [0.5, 0.6) is 17.2 Å². The molecule has 1 N–H and O–H groups in total. The number of benzene rings is 2. The third-order valence-electron chi connectivity index (χ3n) is 5.63. The van der Waals surface area contributed by atoms with Crippen LogP contribution in [0, 0.1) is 0 Å². The van der Waals surface area contributed by atoms with Crippen LogP contribution in [0.2, 0.25) is 0 Å². The lowest BCUT2D eigenvalue weighted by Gasteiger charge is -2.32. The van der Waals surface area contributed by atoms with E-state index in [9.17, 15) is 9.59 Å². The molecule has 1 saturated heterocycles. The van der Waals surface area contributed by atoms with Crippen molar-refractivity contribution in [2.45, 2.75) is 38.1 Å². The van der Waals surface area contributed by atoms with Gasteiger partial charge in [0.25, 0.3) is 0 Å². The predicted molar refractivity (Wildman–Crippen MR) is 122 cm³/mol. The first-order valence-corrected chi connectivity index (χ1v) is 11.0. The highest BCUT2D eigenvalue weighted by Gasteiger charge is 2.23. The maximum atomic E-state index is 12.4. The third-order valence-corrected chi connectivity index (χ3v) is 5.63. The number of amides is 2. The van der Waals surface area contributed by atoms with Gasteiger partial charge in [-0.15, -0.1) is 0 Å². The van der Waals surface area contributed by atoms with E-state index in [0.29, 0.717) is 50.5 Å². The van der Waals surface area contributed by atoms with E-state index in [0.717, 1.165) is 24.2 Å². The highest BCUT2D eigenvalue weighted by atomic mass is 16.5. The molecule has 0 spiro atoms. The average molecular weight is 441 g/mol. The number of hydrogen-bond acceptors (Lipinski definition) is 5. The van der Waals surface area contributed by atoms with Crippen LogP contribution in [0.1, 0.15) is 31.2 Å². The summed E-state index contributed by atoms with van der Waals surface area (Å²) in [5.74, 6) is 2.24. The van der Waals surface area contributed by atoms with Gasteiger partial charge in [-0.3, -0.25) is 9.59 Å².